The Labute approximate surface area is 128 Å². The Bertz CT molecular complexity index is 615. The van der Waals surface area contributed by atoms with Crippen LogP contribution in [0.1, 0.15) is 11.1 Å². The second-order valence-electron chi connectivity index (χ2n) is 5.06. The summed E-state index contributed by atoms with van der Waals surface area (Å²) >= 11 is 5.74. The molecule has 0 saturated carbocycles. The third kappa shape index (κ3) is 3.34. The Morgan fingerprint density at radius 3 is 2.33 bits per heavy atom. The number of halogens is 1. The molecule has 0 atom stereocenters. The largest absolute Gasteiger partial charge is 0.324 e. The van der Waals surface area contributed by atoms with E-state index in [1.165, 1.54) is 11.1 Å². The smallest absolute Gasteiger partial charge is 0.321 e. The Morgan fingerprint density at radius 1 is 1.10 bits per heavy atom. The molecule has 1 N–H and O–H groups in total. The average molecular weight is 302 g/mol. The van der Waals surface area contributed by atoms with Gasteiger partial charge in [0.1, 0.15) is 5.15 Å². The number of rotatable bonds is 1. The molecule has 2 heterocycles. The van der Waals surface area contributed by atoms with Crippen molar-refractivity contribution in [3.8, 4) is 0 Å². The van der Waals surface area contributed by atoms with Crippen molar-refractivity contribution in [1.82, 2.24) is 9.88 Å². The molecule has 2 aromatic rings. The quantitative estimate of drug-likeness (QED) is 0.821. The van der Waals surface area contributed by atoms with Crippen LogP contribution < -0.4 is 5.32 Å². The van der Waals surface area contributed by atoms with E-state index < -0.39 is 0 Å². The van der Waals surface area contributed by atoms with Crippen LogP contribution in [0.2, 0.25) is 5.15 Å². The molecule has 1 aliphatic heterocycles. The highest BCUT2D eigenvalue weighted by atomic mass is 35.5. The molecule has 1 aromatic heterocycles. The second-order valence-corrected chi connectivity index (χ2v) is 5.44. The number of hydrogen-bond acceptors (Lipinski definition) is 2. The number of fused-ring (bicyclic) bond motifs is 1. The van der Waals surface area contributed by atoms with Gasteiger partial charge in [-0.15, -0.1) is 0 Å². The van der Waals surface area contributed by atoms with Crippen LogP contribution in [0.4, 0.5) is 10.5 Å². The highest BCUT2D eigenvalue weighted by molar-refractivity contribution is 6.29. The van der Waals surface area contributed by atoms with Crippen LogP contribution in [0, 0.1) is 0 Å². The summed E-state index contributed by atoms with van der Waals surface area (Å²) in [5.74, 6) is 0. The van der Waals surface area contributed by atoms with Gasteiger partial charge in [0.05, 0.1) is 11.9 Å². The predicted molar refractivity (Wildman–Crippen MR) is 83.7 cm³/mol. The number of pyridine rings is 1. The van der Waals surface area contributed by atoms with Crippen molar-refractivity contribution in [2.45, 2.75) is 12.8 Å². The zero-order chi connectivity index (χ0) is 14.7. The van der Waals surface area contributed by atoms with Gasteiger partial charge in [-0.05, 0) is 36.1 Å². The average Bonchev–Trinajstić information content (AvgIpc) is 2.72. The fraction of sp³-hybridized carbons (Fsp3) is 0.250. The Morgan fingerprint density at radius 2 is 1.76 bits per heavy atom. The van der Waals surface area contributed by atoms with Crippen LogP contribution in [0.15, 0.2) is 42.6 Å². The monoisotopic (exact) mass is 301 g/mol. The summed E-state index contributed by atoms with van der Waals surface area (Å²) in [6.07, 6.45) is 3.34. The van der Waals surface area contributed by atoms with Gasteiger partial charge in [0, 0.05) is 13.1 Å². The normalized spacial score (nSPS) is 14.2. The molecule has 3 rings (SSSR count). The molecule has 0 aliphatic carbocycles. The van der Waals surface area contributed by atoms with E-state index in [1.807, 2.05) is 17.0 Å². The number of aromatic nitrogens is 1. The maximum atomic E-state index is 12.3. The van der Waals surface area contributed by atoms with Gasteiger partial charge in [0.15, 0.2) is 0 Å². The first-order chi connectivity index (χ1) is 10.2. The molecule has 0 spiro atoms. The number of carbonyl (C=O) groups excluding carboxylic acids is 1. The van der Waals surface area contributed by atoms with Crippen molar-refractivity contribution >= 4 is 23.3 Å². The summed E-state index contributed by atoms with van der Waals surface area (Å²) in [6, 6.07) is 11.7. The third-order valence-electron chi connectivity index (χ3n) is 3.69. The number of urea groups is 1. The van der Waals surface area contributed by atoms with Crippen molar-refractivity contribution in [2.75, 3.05) is 18.4 Å². The highest BCUT2D eigenvalue weighted by Gasteiger charge is 2.18. The SMILES string of the molecule is O=C(Nc1ccc(Cl)nc1)N1CCc2ccccc2CC1. The first-order valence-electron chi connectivity index (χ1n) is 6.96. The molecule has 21 heavy (non-hydrogen) atoms. The molecule has 1 aliphatic rings. The van der Waals surface area contributed by atoms with E-state index in [9.17, 15) is 4.79 Å². The number of amides is 2. The van der Waals surface area contributed by atoms with Gasteiger partial charge in [-0.25, -0.2) is 9.78 Å². The fourth-order valence-corrected chi connectivity index (χ4v) is 2.64. The molecule has 5 heteroatoms. The number of nitrogens with one attached hydrogen (secondary N) is 1. The third-order valence-corrected chi connectivity index (χ3v) is 3.91. The second kappa shape index (κ2) is 6.14. The lowest BCUT2D eigenvalue weighted by Crippen LogP contribution is -2.36. The molecule has 0 radical (unpaired) electrons. The lowest BCUT2D eigenvalue weighted by molar-refractivity contribution is 0.214. The maximum Gasteiger partial charge on any atom is 0.321 e. The van der Waals surface area contributed by atoms with Gasteiger partial charge in [-0.2, -0.15) is 0 Å². The summed E-state index contributed by atoms with van der Waals surface area (Å²) in [4.78, 5) is 18.1. The highest BCUT2D eigenvalue weighted by Crippen LogP contribution is 2.16. The van der Waals surface area contributed by atoms with E-state index in [1.54, 1.807) is 18.3 Å². The minimum absolute atomic E-state index is 0.0908. The van der Waals surface area contributed by atoms with Crippen molar-refractivity contribution in [1.29, 1.82) is 0 Å². The Hall–Kier alpha value is -2.07. The maximum absolute atomic E-state index is 12.3. The van der Waals surface area contributed by atoms with E-state index in [4.69, 9.17) is 11.6 Å². The van der Waals surface area contributed by atoms with E-state index in [2.05, 4.69) is 22.4 Å². The summed E-state index contributed by atoms with van der Waals surface area (Å²) < 4.78 is 0. The molecule has 0 saturated heterocycles. The zero-order valence-electron chi connectivity index (χ0n) is 11.6. The Kier molecular flexibility index (Phi) is 4.06. The van der Waals surface area contributed by atoms with Crippen LogP contribution in [0.25, 0.3) is 0 Å². The van der Waals surface area contributed by atoms with Crippen molar-refractivity contribution in [3.05, 3.63) is 58.9 Å². The molecule has 1 aromatic carbocycles. The van der Waals surface area contributed by atoms with Gasteiger partial charge >= 0.3 is 6.03 Å². The molecule has 2 amide bonds. The van der Waals surface area contributed by atoms with Crippen molar-refractivity contribution in [2.24, 2.45) is 0 Å². The number of nitrogens with zero attached hydrogens (tertiary/aromatic N) is 2. The topological polar surface area (TPSA) is 45.2 Å². The van der Waals surface area contributed by atoms with E-state index >= 15 is 0 Å². The van der Waals surface area contributed by atoms with E-state index in [0.717, 1.165) is 25.9 Å². The van der Waals surface area contributed by atoms with Crippen LogP contribution in [0.5, 0.6) is 0 Å². The summed E-state index contributed by atoms with van der Waals surface area (Å²) in [5, 5.41) is 3.27. The zero-order valence-corrected chi connectivity index (χ0v) is 12.3. The lowest BCUT2D eigenvalue weighted by atomic mass is 10.0. The molecule has 108 valence electrons. The van der Waals surface area contributed by atoms with Gasteiger partial charge in [0.25, 0.3) is 0 Å². The van der Waals surface area contributed by atoms with Gasteiger partial charge in [-0.1, -0.05) is 35.9 Å². The summed E-state index contributed by atoms with van der Waals surface area (Å²) in [7, 11) is 0. The van der Waals surface area contributed by atoms with E-state index in [0.29, 0.717) is 10.8 Å². The minimum Gasteiger partial charge on any atom is -0.324 e. The molecule has 4 nitrogen and oxygen atoms in total. The standard InChI is InChI=1S/C16H16ClN3O/c17-15-6-5-14(11-18-15)19-16(21)20-9-7-12-3-1-2-4-13(12)8-10-20/h1-6,11H,7-10H2,(H,19,21). The van der Waals surface area contributed by atoms with Crippen LogP contribution in [-0.4, -0.2) is 29.0 Å². The van der Waals surface area contributed by atoms with Crippen molar-refractivity contribution in [3.63, 3.8) is 0 Å². The molecular weight excluding hydrogens is 286 g/mol. The van der Waals surface area contributed by atoms with Crippen molar-refractivity contribution < 1.29 is 4.79 Å². The first-order valence-corrected chi connectivity index (χ1v) is 7.34. The number of anilines is 1. The van der Waals surface area contributed by atoms with Crippen LogP contribution >= 0.6 is 11.6 Å². The molecule has 0 bridgehead atoms. The number of carbonyl (C=O) groups is 1. The first kappa shape index (κ1) is 13.9. The van der Waals surface area contributed by atoms with Crippen LogP contribution in [-0.2, 0) is 12.8 Å². The Balaban J connectivity index is 1.65. The molecular formula is C16H16ClN3O. The predicted octanol–water partition coefficient (Wildman–Crippen LogP) is 3.37. The summed E-state index contributed by atoms with van der Waals surface area (Å²) in [6.45, 7) is 1.45. The van der Waals surface area contributed by atoms with Crippen LogP contribution in [0.3, 0.4) is 0 Å². The summed E-state index contributed by atoms with van der Waals surface area (Å²) in [5.41, 5.74) is 3.33. The minimum atomic E-state index is -0.0908. The molecule has 0 fully saturated rings. The number of benzene rings is 1. The van der Waals surface area contributed by atoms with Gasteiger partial charge in [0.2, 0.25) is 0 Å². The van der Waals surface area contributed by atoms with Gasteiger partial charge in [-0.3, -0.25) is 0 Å². The fourth-order valence-electron chi connectivity index (χ4n) is 2.52. The lowest BCUT2D eigenvalue weighted by Gasteiger charge is -2.20. The molecule has 0 unspecified atom stereocenters. The number of hydrogen-bond donors (Lipinski definition) is 1. The van der Waals surface area contributed by atoms with E-state index in [-0.39, 0.29) is 6.03 Å². The van der Waals surface area contributed by atoms with Gasteiger partial charge < -0.3 is 10.2 Å².